The fourth-order valence-corrected chi connectivity index (χ4v) is 3.37. The number of hydrogen-bond donors (Lipinski definition) is 2. The Morgan fingerprint density at radius 3 is 2.65 bits per heavy atom. The Bertz CT molecular complexity index is 979. The number of cyclic esters (lactones) is 1. The van der Waals surface area contributed by atoms with Crippen LogP contribution in [0.3, 0.4) is 0 Å². The van der Waals surface area contributed by atoms with Crippen molar-refractivity contribution in [1.82, 2.24) is 0 Å². The highest BCUT2D eigenvalue weighted by atomic mass is 16.6. The first-order valence-electron chi connectivity index (χ1n) is 10.4. The minimum atomic E-state index is -0.661. The average Bonchev–Trinajstić information content (AvgIpc) is 2.75. The molecule has 0 bridgehead atoms. The van der Waals surface area contributed by atoms with Crippen LogP contribution in [-0.4, -0.2) is 28.5 Å². The summed E-state index contributed by atoms with van der Waals surface area (Å²) in [7, 11) is 0. The zero-order valence-electron chi connectivity index (χ0n) is 17.5. The fraction of sp³-hybridized carbons (Fsp3) is 0.280. The van der Waals surface area contributed by atoms with Gasteiger partial charge in [-0.05, 0) is 43.0 Å². The predicted octanol–water partition coefficient (Wildman–Crippen LogP) is 5.23. The summed E-state index contributed by atoms with van der Waals surface area (Å²) in [4.78, 5) is 18.3. The van der Waals surface area contributed by atoms with Crippen molar-refractivity contribution in [2.24, 2.45) is 5.16 Å². The molecule has 0 saturated carbocycles. The van der Waals surface area contributed by atoms with Crippen molar-refractivity contribution in [2.45, 2.75) is 38.7 Å². The molecule has 1 aliphatic rings. The molecule has 2 aromatic carbocycles. The van der Waals surface area contributed by atoms with Crippen LogP contribution in [0.2, 0.25) is 0 Å². The van der Waals surface area contributed by atoms with Crippen molar-refractivity contribution in [3.05, 3.63) is 83.5 Å². The maximum absolute atomic E-state index is 13.1. The van der Waals surface area contributed by atoms with E-state index < -0.39 is 12.1 Å². The normalized spacial score (nSPS) is 20.9. The van der Waals surface area contributed by atoms with E-state index in [1.54, 1.807) is 0 Å². The van der Waals surface area contributed by atoms with Crippen LogP contribution in [0.25, 0.3) is 0 Å². The summed E-state index contributed by atoms with van der Waals surface area (Å²) in [5.41, 5.74) is 1.86. The van der Waals surface area contributed by atoms with Gasteiger partial charge >= 0.3 is 5.97 Å². The first-order chi connectivity index (χ1) is 15.1. The Balaban J connectivity index is 2.03. The average molecular weight is 421 g/mol. The number of benzene rings is 2. The van der Waals surface area contributed by atoms with Gasteiger partial charge in [0.25, 0.3) is 0 Å². The molecule has 0 aliphatic carbocycles. The van der Waals surface area contributed by atoms with E-state index in [2.05, 4.69) is 11.2 Å². The quantitative estimate of drug-likeness (QED) is 0.403. The van der Waals surface area contributed by atoms with Crippen LogP contribution in [0.15, 0.2) is 71.9 Å². The van der Waals surface area contributed by atoms with Crippen LogP contribution < -0.4 is 0 Å². The first kappa shape index (κ1) is 22.2. The van der Waals surface area contributed by atoms with E-state index in [0.717, 1.165) is 24.5 Å². The molecule has 0 aromatic heterocycles. The highest BCUT2D eigenvalue weighted by molar-refractivity contribution is 6.00. The van der Waals surface area contributed by atoms with E-state index in [9.17, 15) is 15.0 Å². The van der Waals surface area contributed by atoms with Crippen LogP contribution in [-0.2, 0) is 16.0 Å². The fourth-order valence-electron chi connectivity index (χ4n) is 3.37. The molecule has 2 aromatic rings. The van der Waals surface area contributed by atoms with Gasteiger partial charge in [0, 0.05) is 18.9 Å². The largest absolute Gasteiger partial charge is 0.508 e. The third-order valence-corrected chi connectivity index (χ3v) is 4.82. The number of esters is 1. The number of allylic oxidation sites excluding steroid dienone is 3. The first-order valence-corrected chi connectivity index (χ1v) is 10.4. The smallest absolute Gasteiger partial charge is 0.342 e. The lowest BCUT2D eigenvalue weighted by atomic mass is 9.99. The monoisotopic (exact) mass is 421 g/mol. The second kappa shape index (κ2) is 11.0. The number of fused-ring (bicyclic) bond motifs is 1. The Kier molecular flexibility index (Phi) is 7.87. The lowest BCUT2D eigenvalue weighted by molar-refractivity contribution is 0.0299. The maximum atomic E-state index is 13.1. The van der Waals surface area contributed by atoms with Gasteiger partial charge in [0.1, 0.15) is 29.8 Å². The Hall–Kier alpha value is -3.54. The van der Waals surface area contributed by atoms with Gasteiger partial charge in [-0.3, -0.25) is 0 Å². The molecule has 1 atom stereocenters. The molecule has 0 unspecified atom stereocenters. The molecule has 3 rings (SSSR count). The van der Waals surface area contributed by atoms with Crippen LogP contribution in [0.4, 0.5) is 0 Å². The molecule has 31 heavy (non-hydrogen) atoms. The Morgan fingerprint density at radius 2 is 1.87 bits per heavy atom. The third-order valence-electron chi connectivity index (χ3n) is 4.82. The number of rotatable bonds is 3. The number of carbonyl (C=O) groups excluding carboxylic acids is 1. The second-order valence-corrected chi connectivity index (χ2v) is 7.17. The summed E-state index contributed by atoms with van der Waals surface area (Å²) < 4.78 is 5.82. The molecule has 1 aliphatic heterocycles. The van der Waals surface area contributed by atoms with E-state index in [1.807, 2.05) is 55.5 Å². The molecule has 0 fully saturated rings. The van der Waals surface area contributed by atoms with Gasteiger partial charge in [0.05, 0.1) is 5.71 Å². The zero-order chi connectivity index (χ0) is 22.1. The van der Waals surface area contributed by atoms with Gasteiger partial charge < -0.3 is 19.8 Å². The van der Waals surface area contributed by atoms with Crippen LogP contribution >= 0.6 is 0 Å². The summed E-state index contributed by atoms with van der Waals surface area (Å²) >= 11 is 0. The maximum Gasteiger partial charge on any atom is 0.342 e. The van der Waals surface area contributed by atoms with Crippen LogP contribution in [0.5, 0.6) is 11.5 Å². The van der Waals surface area contributed by atoms with E-state index in [4.69, 9.17) is 9.57 Å². The van der Waals surface area contributed by atoms with Crippen LogP contribution in [0, 0.1) is 0 Å². The van der Waals surface area contributed by atoms with Gasteiger partial charge in [-0.2, -0.15) is 0 Å². The molecule has 162 valence electrons. The number of hydrogen-bond acceptors (Lipinski definition) is 6. The van der Waals surface area contributed by atoms with E-state index in [0.29, 0.717) is 24.3 Å². The Morgan fingerprint density at radius 1 is 1.10 bits per heavy atom. The topological polar surface area (TPSA) is 88.4 Å². The van der Waals surface area contributed by atoms with Gasteiger partial charge in [-0.25, -0.2) is 4.79 Å². The highest BCUT2D eigenvalue weighted by Gasteiger charge is 2.24. The van der Waals surface area contributed by atoms with Gasteiger partial charge in [0.2, 0.25) is 0 Å². The lowest BCUT2D eigenvalue weighted by Gasteiger charge is -2.19. The molecule has 2 N–H and O–H groups in total. The van der Waals surface area contributed by atoms with Crippen molar-refractivity contribution in [3.63, 3.8) is 0 Å². The zero-order valence-corrected chi connectivity index (χ0v) is 17.5. The van der Waals surface area contributed by atoms with Crippen molar-refractivity contribution >= 4 is 11.7 Å². The summed E-state index contributed by atoms with van der Waals surface area (Å²) in [5.74, 6) is -1.15. The van der Waals surface area contributed by atoms with Crippen molar-refractivity contribution in [1.29, 1.82) is 0 Å². The molecule has 0 radical (unpaired) electrons. The molecule has 6 nitrogen and oxygen atoms in total. The van der Waals surface area contributed by atoms with E-state index in [1.165, 1.54) is 6.07 Å². The van der Waals surface area contributed by atoms with Gasteiger partial charge in [-0.1, -0.05) is 53.7 Å². The number of phenolic OH excluding ortho intramolecular Hbond substituents is 2. The summed E-state index contributed by atoms with van der Waals surface area (Å²) in [5, 5.41) is 24.6. The minimum Gasteiger partial charge on any atom is -0.508 e. The standard InChI is InChI=1S/C25H27NO5/c1-2-30-26-20-13-9-4-3-5-10-14-23(18-11-7-6-8-12-18)31-25(29)24-19(15-20)16-21(27)17-22(24)28/h5-13,16-17,23,27-28H,2-4,14-15H2,1H3/b10-5+,13-9+,26-20+/t23-/m0/s1. The number of phenols is 2. The molecule has 0 amide bonds. The van der Waals surface area contributed by atoms with E-state index in [-0.39, 0.29) is 23.5 Å². The summed E-state index contributed by atoms with van der Waals surface area (Å²) in [6.45, 7) is 2.23. The van der Waals surface area contributed by atoms with Crippen molar-refractivity contribution in [2.75, 3.05) is 6.61 Å². The molecular weight excluding hydrogens is 394 g/mol. The number of ether oxygens (including phenoxy) is 1. The van der Waals surface area contributed by atoms with Crippen molar-refractivity contribution in [3.8, 4) is 11.5 Å². The molecular formula is C25H27NO5. The molecule has 0 saturated heterocycles. The number of carbonyl (C=O) groups is 1. The third kappa shape index (κ3) is 6.22. The van der Waals surface area contributed by atoms with Crippen molar-refractivity contribution < 1.29 is 24.6 Å². The lowest BCUT2D eigenvalue weighted by Crippen LogP contribution is -2.15. The predicted molar refractivity (Wildman–Crippen MR) is 119 cm³/mol. The van der Waals surface area contributed by atoms with Gasteiger partial charge in [-0.15, -0.1) is 0 Å². The highest BCUT2D eigenvalue weighted by Crippen LogP contribution is 2.31. The molecule has 6 heteroatoms. The minimum absolute atomic E-state index is 0.0115. The van der Waals surface area contributed by atoms with Crippen LogP contribution in [0.1, 0.15) is 53.8 Å². The Labute approximate surface area is 182 Å². The summed E-state index contributed by atoms with van der Waals surface area (Å²) in [6, 6.07) is 12.1. The molecule has 1 heterocycles. The second-order valence-electron chi connectivity index (χ2n) is 7.17. The number of nitrogens with zero attached hydrogens (tertiary/aromatic N) is 1. The SMILES string of the molecule is CCO/N=C1\C=C\CC/C=C/C[C@@H](c2ccccc2)OC(=O)c2c(O)cc(O)cc2C1. The van der Waals surface area contributed by atoms with E-state index >= 15 is 0 Å². The summed E-state index contributed by atoms with van der Waals surface area (Å²) in [6.07, 6.45) is 9.74. The number of oxime groups is 1. The number of aromatic hydroxyl groups is 2. The van der Waals surface area contributed by atoms with Gasteiger partial charge in [0.15, 0.2) is 0 Å². The molecule has 0 spiro atoms.